The Hall–Kier alpha value is -1.51. The zero-order chi connectivity index (χ0) is 15.3. The molecular formula is C19H21ClN2. The Kier molecular flexibility index (Phi) is 3.39. The Morgan fingerprint density at radius 3 is 2.77 bits per heavy atom. The van der Waals surface area contributed by atoms with Gasteiger partial charge in [-0.3, -0.25) is 0 Å². The summed E-state index contributed by atoms with van der Waals surface area (Å²) < 4.78 is 0. The van der Waals surface area contributed by atoms with Crippen molar-refractivity contribution < 1.29 is 0 Å². The summed E-state index contributed by atoms with van der Waals surface area (Å²) in [6.45, 7) is 3.25. The van der Waals surface area contributed by atoms with Crippen LogP contribution in [0.5, 0.6) is 0 Å². The summed E-state index contributed by atoms with van der Waals surface area (Å²) in [7, 11) is 4.41. The molecule has 0 fully saturated rings. The van der Waals surface area contributed by atoms with E-state index in [0.717, 1.165) is 24.7 Å². The van der Waals surface area contributed by atoms with Crippen LogP contribution in [0, 0.1) is 0 Å². The number of anilines is 1. The van der Waals surface area contributed by atoms with Crippen LogP contribution in [0.3, 0.4) is 0 Å². The Morgan fingerprint density at radius 2 is 1.95 bits per heavy atom. The van der Waals surface area contributed by atoms with E-state index in [9.17, 15) is 0 Å². The molecule has 0 aliphatic carbocycles. The first-order valence-corrected chi connectivity index (χ1v) is 8.31. The number of hydrogen-bond donors (Lipinski definition) is 0. The van der Waals surface area contributed by atoms with Crippen LogP contribution in [0.4, 0.5) is 5.69 Å². The number of likely N-dealkylation sites (N-methyl/N-ethyl adjacent to an activating group) is 2. The van der Waals surface area contributed by atoms with Gasteiger partial charge in [0, 0.05) is 43.3 Å². The van der Waals surface area contributed by atoms with Crippen molar-refractivity contribution in [1.29, 1.82) is 0 Å². The number of nitrogens with zero attached hydrogens (tertiary/aromatic N) is 2. The van der Waals surface area contributed by atoms with Crippen LogP contribution in [0.15, 0.2) is 36.4 Å². The highest BCUT2D eigenvalue weighted by atomic mass is 35.5. The van der Waals surface area contributed by atoms with E-state index >= 15 is 0 Å². The van der Waals surface area contributed by atoms with Crippen molar-refractivity contribution in [3.05, 3.63) is 63.7 Å². The van der Waals surface area contributed by atoms with Crippen molar-refractivity contribution in [2.75, 3.05) is 32.1 Å². The molecule has 2 heterocycles. The molecule has 2 aromatic rings. The second-order valence-corrected chi connectivity index (χ2v) is 7.04. The first-order valence-electron chi connectivity index (χ1n) is 7.93. The molecule has 0 saturated heterocycles. The van der Waals surface area contributed by atoms with Crippen molar-refractivity contribution in [2.45, 2.75) is 18.9 Å². The second-order valence-electron chi connectivity index (χ2n) is 6.61. The molecule has 0 amide bonds. The summed E-state index contributed by atoms with van der Waals surface area (Å²) in [5.41, 5.74) is 7.33. The minimum absolute atomic E-state index is 0.420. The van der Waals surface area contributed by atoms with E-state index in [-0.39, 0.29) is 0 Å². The number of fused-ring (bicyclic) bond motifs is 3. The van der Waals surface area contributed by atoms with Crippen molar-refractivity contribution >= 4 is 17.3 Å². The SMILES string of the molecule is CN1Cc2c(ccc3c2CCN3C)C(c2cccc(Cl)c2)C1. The molecule has 2 aromatic carbocycles. The topological polar surface area (TPSA) is 6.48 Å². The predicted molar refractivity (Wildman–Crippen MR) is 93.0 cm³/mol. The molecule has 22 heavy (non-hydrogen) atoms. The minimum atomic E-state index is 0.420. The van der Waals surface area contributed by atoms with Crippen LogP contribution < -0.4 is 4.90 Å². The summed E-state index contributed by atoms with van der Waals surface area (Å²) in [5, 5.41) is 0.827. The lowest BCUT2D eigenvalue weighted by molar-refractivity contribution is 0.294. The number of hydrogen-bond acceptors (Lipinski definition) is 2. The summed E-state index contributed by atoms with van der Waals surface area (Å²) in [5.74, 6) is 0.420. The van der Waals surface area contributed by atoms with Crippen LogP contribution in [-0.4, -0.2) is 32.1 Å². The fraction of sp³-hybridized carbons (Fsp3) is 0.368. The molecule has 0 N–H and O–H groups in total. The van der Waals surface area contributed by atoms with Crippen molar-refractivity contribution in [2.24, 2.45) is 0 Å². The van der Waals surface area contributed by atoms with Gasteiger partial charge in [0.25, 0.3) is 0 Å². The van der Waals surface area contributed by atoms with Crippen LogP contribution >= 0.6 is 11.6 Å². The average Bonchev–Trinajstić information content (AvgIpc) is 2.88. The first-order chi connectivity index (χ1) is 10.6. The third-order valence-corrected chi connectivity index (χ3v) is 5.33. The molecule has 114 valence electrons. The third kappa shape index (κ3) is 2.22. The van der Waals surface area contributed by atoms with Crippen LogP contribution in [0.1, 0.15) is 28.2 Å². The van der Waals surface area contributed by atoms with Crippen LogP contribution in [0.25, 0.3) is 0 Å². The minimum Gasteiger partial charge on any atom is -0.374 e. The Bertz CT molecular complexity index is 725. The van der Waals surface area contributed by atoms with Gasteiger partial charge in [-0.05, 0) is 53.9 Å². The van der Waals surface area contributed by atoms with Gasteiger partial charge < -0.3 is 9.80 Å². The van der Waals surface area contributed by atoms with E-state index in [2.05, 4.69) is 54.2 Å². The molecule has 1 atom stereocenters. The lowest BCUT2D eigenvalue weighted by Crippen LogP contribution is -2.31. The summed E-state index contributed by atoms with van der Waals surface area (Å²) in [4.78, 5) is 4.81. The van der Waals surface area contributed by atoms with Gasteiger partial charge in [-0.1, -0.05) is 29.8 Å². The molecule has 0 spiro atoms. The fourth-order valence-corrected chi connectivity index (χ4v) is 4.20. The number of benzene rings is 2. The van der Waals surface area contributed by atoms with Gasteiger partial charge in [0.05, 0.1) is 0 Å². The van der Waals surface area contributed by atoms with Gasteiger partial charge in [-0.15, -0.1) is 0 Å². The standard InChI is InChI=1S/C19H21ClN2/c1-21-11-17(13-4-3-5-14(20)10-13)15-6-7-19-16(18(15)12-21)8-9-22(19)2/h3-7,10,17H,8-9,11-12H2,1-2H3. The van der Waals surface area contributed by atoms with Crippen molar-refractivity contribution in [1.82, 2.24) is 4.90 Å². The second kappa shape index (κ2) is 5.29. The normalized spacial score (nSPS) is 20.9. The first kappa shape index (κ1) is 14.1. The monoisotopic (exact) mass is 312 g/mol. The lowest BCUT2D eigenvalue weighted by atomic mass is 9.82. The molecule has 4 rings (SSSR count). The Labute approximate surface area is 137 Å². The molecule has 3 heteroatoms. The number of halogens is 1. The lowest BCUT2D eigenvalue weighted by Gasteiger charge is -2.34. The third-order valence-electron chi connectivity index (χ3n) is 5.10. The molecule has 0 radical (unpaired) electrons. The van der Waals surface area contributed by atoms with Crippen LogP contribution in [0.2, 0.25) is 5.02 Å². The van der Waals surface area contributed by atoms with E-state index in [1.165, 1.54) is 23.2 Å². The zero-order valence-electron chi connectivity index (χ0n) is 13.1. The van der Waals surface area contributed by atoms with E-state index < -0.39 is 0 Å². The van der Waals surface area contributed by atoms with E-state index in [0.29, 0.717) is 5.92 Å². The number of rotatable bonds is 1. The molecule has 2 aliphatic heterocycles. The maximum absolute atomic E-state index is 6.22. The zero-order valence-corrected chi connectivity index (χ0v) is 13.9. The maximum Gasteiger partial charge on any atom is 0.0408 e. The van der Waals surface area contributed by atoms with E-state index in [1.54, 1.807) is 11.1 Å². The van der Waals surface area contributed by atoms with E-state index in [1.807, 2.05) is 6.07 Å². The van der Waals surface area contributed by atoms with Gasteiger partial charge in [-0.25, -0.2) is 0 Å². The van der Waals surface area contributed by atoms with E-state index in [4.69, 9.17) is 11.6 Å². The highest BCUT2D eigenvalue weighted by molar-refractivity contribution is 6.30. The Morgan fingerprint density at radius 1 is 1.09 bits per heavy atom. The van der Waals surface area contributed by atoms with Gasteiger partial charge in [0.15, 0.2) is 0 Å². The van der Waals surface area contributed by atoms with Gasteiger partial charge in [0.2, 0.25) is 0 Å². The highest BCUT2D eigenvalue weighted by Gasteiger charge is 2.30. The van der Waals surface area contributed by atoms with Gasteiger partial charge in [-0.2, -0.15) is 0 Å². The molecule has 2 aliphatic rings. The van der Waals surface area contributed by atoms with Gasteiger partial charge >= 0.3 is 0 Å². The summed E-state index contributed by atoms with van der Waals surface area (Å²) in [6.07, 6.45) is 1.17. The highest BCUT2D eigenvalue weighted by Crippen LogP contribution is 2.40. The van der Waals surface area contributed by atoms with Crippen LogP contribution in [-0.2, 0) is 13.0 Å². The smallest absolute Gasteiger partial charge is 0.0408 e. The maximum atomic E-state index is 6.22. The molecule has 0 saturated carbocycles. The Balaban J connectivity index is 1.85. The largest absolute Gasteiger partial charge is 0.374 e. The summed E-state index contributed by atoms with van der Waals surface area (Å²) >= 11 is 6.22. The predicted octanol–water partition coefficient (Wildman–Crippen LogP) is 3.91. The quantitative estimate of drug-likeness (QED) is 0.788. The molecule has 0 bridgehead atoms. The summed E-state index contributed by atoms with van der Waals surface area (Å²) in [6, 6.07) is 13.0. The van der Waals surface area contributed by atoms with Crippen molar-refractivity contribution in [3.8, 4) is 0 Å². The van der Waals surface area contributed by atoms with Gasteiger partial charge in [0.1, 0.15) is 0 Å². The fourth-order valence-electron chi connectivity index (χ4n) is 4.00. The molecule has 2 nitrogen and oxygen atoms in total. The van der Waals surface area contributed by atoms with Crippen molar-refractivity contribution in [3.63, 3.8) is 0 Å². The molecule has 1 unspecified atom stereocenters. The average molecular weight is 313 g/mol. The molecular weight excluding hydrogens is 292 g/mol. The molecule has 0 aromatic heterocycles.